The zero-order valence-electron chi connectivity index (χ0n) is 12.4. The zero-order chi connectivity index (χ0) is 14.5. The normalized spacial score (nSPS) is 13.9. The van der Waals surface area contributed by atoms with Crippen LogP contribution in [0.3, 0.4) is 0 Å². The van der Waals surface area contributed by atoms with Crippen molar-refractivity contribution in [3.63, 3.8) is 0 Å². The molecule has 0 radical (unpaired) electrons. The Bertz CT molecular complexity index is 448. The predicted molar refractivity (Wildman–Crippen MR) is 80.7 cm³/mol. The molecule has 0 aliphatic heterocycles. The Morgan fingerprint density at radius 3 is 2.58 bits per heavy atom. The molecular formula is C15H23NO2S. The van der Waals surface area contributed by atoms with Crippen LogP contribution in [0.5, 0.6) is 0 Å². The van der Waals surface area contributed by atoms with E-state index < -0.39 is 5.54 Å². The van der Waals surface area contributed by atoms with Gasteiger partial charge in [-0.2, -0.15) is 0 Å². The molecule has 0 spiro atoms. The number of aryl methyl sites for hydroxylation is 2. The molecule has 0 bridgehead atoms. The number of nitrogens with one attached hydrogen (secondary N) is 1. The molecule has 0 fully saturated rings. The molecular weight excluding hydrogens is 258 g/mol. The molecule has 0 saturated heterocycles. The van der Waals surface area contributed by atoms with Crippen LogP contribution in [0.15, 0.2) is 23.1 Å². The third-order valence-electron chi connectivity index (χ3n) is 3.54. The first-order chi connectivity index (χ1) is 8.92. The van der Waals surface area contributed by atoms with Gasteiger partial charge in [-0.15, -0.1) is 11.8 Å². The highest BCUT2D eigenvalue weighted by atomic mass is 32.2. The van der Waals surface area contributed by atoms with Gasteiger partial charge in [-0.3, -0.25) is 4.79 Å². The van der Waals surface area contributed by atoms with Gasteiger partial charge in [0.25, 0.3) is 0 Å². The SMILES string of the molecule is CNC(C)(CCSc1ccc(C)c(C)c1)C(=O)OC. The fourth-order valence-electron chi connectivity index (χ4n) is 1.73. The molecule has 1 aromatic rings. The average molecular weight is 281 g/mol. The number of benzene rings is 1. The molecule has 19 heavy (non-hydrogen) atoms. The third kappa shape index (κ3) is 4.25. The fourth-order valence-corrected chi connectivity index (χ4v) is 2.90. The van der Waals surface area contributed by atoms with E-state index in [4.69, 9.17) is 4.74 Å². The summed E-state index contributed by atoms with van der Waals surface area (Å²) in [6.07, 6.45) is 0.730. The molecule has 0 aliphatic rings. The van der Waals surface area contributed by atoms with Gasteiger partial charge in [-0.05, 0) is 57.5 Å². The van der Waals surface area contributed by atoms with Gasteiger partial charge in [-0.1, -0.05) is 6.07 Å². The molecule has 3 nitrogen and oxygen atoms in total. The lowest BCUT2D eigenvalue weighted by Crippen LogP contribution is -2.48. The summed E-state index contributed by atoms with van der Waals surface area (Å²) >= 11 is 1.77. The van der Waals surface area contributed by atoms with Crippen molar-refractivity contribution in [2.24, 2.45) is 0 Å². The van der Waals surface area contributed by atoms with Gasteiger partial charge in [0.05, 0.1) is 7.11 Å². The number of esters is 1. The Hall–Kier alpha value is -1.00. The van der Waals surface area contributed by atoms with Crippen LogP contribution in [0, 0.1) is 13.8 Å². The summed E-state index contributed by atoms with van der Waals surface area (Å²) in [6, 6.07) is 6.45. The van der Waals surface area contributed by atoms with E-state index in [1.165, 1.54) is 23.1 Å². The smallest absolute Gasteiger partial charge is 0.325 e. The number of thioether (sulfide) groups is 1. The van der Waals surface area contributed by atoms with Crippen LogP contribution in [0.25, 0.3) is 0 Å². The molecule has 0 aliphatic carbocycles. The van der Waals surface area contributed by atoms with Crippen molar-refractivity contribution >= 4 is 17.7 Å². The maximum absolute atomic E-state index is 11.7. The Morgan fingerprint density at radius 2 is 2.05 bits per heavy atom. The largest absolute Gasteiger partial charge is 0.468 e. The van der Waals surface area contributed by atoms with Crippen LogP contribution in [-0.4, -0.2) is 31.4 Å². The number of likely N-dealkylation sites (N-methyl/N-ethyl adjacent to an activating group) is 1. The van der Waals surface area contributed by atoms with Gasteiger partial charge < -0.3 is 10.1 Å². The van der Waals surface area contributed by atoms with Crippen LogP contribution in [0.2, 0.25) is 0 Å². The van der Waals surface area contributed by atoms with Crippen LogP contribution in [0.1, 0.15) is 24.5 Å². The zero-order valence-corrected chi connectivity index (χ0v) is 13.2. The van der Waals surface area contributed by atoms with Crippen molar-refractivity contribution in [2.75, 3.05) is 19.9 Å². The van der Waals surface area contributed by atoms with E-state index in [-0.39, 0.29) is 5.97 Å². The summed E-state index contributed by atoms with van der Waals surface area (Å²) in [4.78, 5) is 13.0. The van der Waals surface area contributed by atoms with Crippen molar-refractivity contribution in [1.82, 2.24) is 5.32 Å². The molecule has 106 valence electrons. The Morgan fingerprint density at radius 1 is 1.37 bits per heavy atom. The molecule has 4 heteroatoms. The van der Waals surface area contributed by atoms with Gasteiger partial charge in [0.1, 0.15) is 5.54 Å². The molecule has 0 aromatic heterocycles. The lowest BCUT2D eigenvalue weighted by molar-refractivity contribution is -0.147. The van der Waals surface area contributed by atoms with Gasteiger partial charge in [-0.25, -0.2) is 0 Å². The number of hydrogen-bond acceptors (Lipinski definition) is 4. The van der Waals surface area contributed by atoms with E-state index in [0.717, 1.165) is 12.2 Å². The number of ether oxygens (including phenoxy) is 1. The minimum absolute atomic E-state index is 0.212. The molecule has 0 heterocycles. The van der Waals surface area contributed by atoms with Crippen LogP contribution < -0.4 is 5.32 Å². The molecule has 1 unspecified atom stereocenters. The second-order valence-electron chi connectivity index (χ2n) is 4.92. The highest BCUT2D eigenvalue weighted by molar-refractivity contribution is 7.99. The highest BCUT2D eigenvalue weighted by Crippen LogP contribution is 2.24. The Labute approximate surface area is 120 Å². The molecule has 1 rings (SSSR count). The quantitative estimate of drug-likeness (QED) is 0.643. The van der Waals surface area contributed by atoms with E-state index >= 15 is 0 Å². The first kappa shape index (κ1) is 16.1. The van der Waals surface area contributed by atoms with E-state index in [9.17, 15) is 4.79 Å². The van der Waals surface area contributed by atoms with E-state index in [0.29, 0.717) is 0 Å². The Balaban J connectivity index is 2.57. The first-order valence-electron chi connectivity index (χ1n) is 6.40. The second-order valence-corrected chi connectivity index (χ2v) is 6.09. The van der Waals surface area contributed by atoms with Crippen molar-refractivity contribution in [3.05, 3.63) is 29.3 Å². The van der Waals surface area contributed by atoms with E-state index in [1.807, 2.05) is 6.92 Å². The molecule has 1 atom stereocenters. The van der Waals surface area contributed by atoms with Gasteiger partial charge in [0.2, 0.25) is 0 Å². The fraction of sp³-hybridized carbons (Fsp3) is 0.533. The van der Waals surface area contributed by atoms with Gasteiger partial charge in [0.15, 0.2) is 0 Å². The predicted octanol–water partition coefficient (Wildman–Crippen LogP) is 2.94. The van der Waals surface area contributed by atoms with E-state index in [1.54, 1.807) is 18.8 Å². The number of carbonyl (C=O) groups is 1. The molecule has 0 amide bonds. The second kappa shape index (κ2) is 6.96. The lowest BCUT2D eigenvalue weighted by Gasteiger charge is -2.25. The standard InChI is InChI=1S/C15H23NO2S/c1-11-6-7-13(10-12(11)2)19-9-8-15(3,16-4)14(17)18-5/h6-7,10,16H,8-9H2,1-5H3. The molecule has 1 N–H and O–H groups in total. The maximum atomic E-state index is 11.7. The summed E-state index contributed by atoms with van der Waals surface area (Å²) in [6.45, 7) is 6.10. The monoisotopic (exact) mass is 281 g/mol. The minimum atomic E-state index is -0.610. The summed E-state index contributed by atoms with van der Waals surface area (Å²) in [7, 11) is 3.21. The minimum Gasteiger partial charge on any atom is -0.468 e. The molecule has 0 saturated carbocycles. The van der Waals surface area contributed by atoms with Crippen LogP contribution >= 0.6 is 11.8 Å². The summed E-state index contributed by atoms with van der Waals surface area (Å²) < 4.78 is 4.83. The summed E-state index contributed by atoms with van der Waals surface area (Å²) in [5.74, 6) is 0.658. The van der Waals surface area contributed by atoms with Gasteiger partial charge in [0, 0.05) is 10.6 Å². The van der Waals surface area contributed by atoms with Gasteiger partial charge >= 0.3 is 5.97 Å². The van der Waals surface area contributed by atoms with Crippen molar-refractivity contribution in [3.8, 4) is 0 Å². The summed E-state index contributed by atoms with van der Waals surface area (Å²) in [5, 5.41) is 3.05. The maximum Gasteiger partial charge on any atom is 0.325 e. The third-order valence-corrected chi connectivity index (χ3v) is 4.53. The summed E-state index contributed by atoms with van der Waals surface area (Å²) in [5.41, 5.74) is 2.00. The highest BCUT2D eigenvalue weighted by Gasteiger charge is 2.31. The number of methoxy groups -OCH3 is 1. The average Bonchev–Trinajstić information content (AvgIpc) is 2.41. The van der Waals surface area contributed by atoms with Crippen LogP contribution in [0.4, 0.5) is 0 Å². The Kier molecular flexibility index (Phi) is 5.88. The topological polar surface area (TPSA) is 38.3 Å². The molecule has 1 aromatic carbocycles. The van der Waals surface area contributed by atoms with Crippen molar-refractivity contribution < 1.29 is 9.53 Å². The van der Waals surface area contributed by atoms with E-state index in [2.05, 4.69) is 37.4 Å². The van der Waals surface area contributed by atoms with Crippen molar-refractivity contribution in [2.45, 2.75) is 37.6 Å². The number of hydrogen-bond donors (Lipinski definition) is 1. The number of rotatable bonds is 6. The first-order valence-corrected chi connectivity index (χ1v) is 7.39. The van der Waals surface area contributed by atoms with Crippen LogP contribution in [-0.2, 0) is 9.53 Å². The lowest BCUT2D eigenvalue weighted by atomic mass is 10.00. The number of carbonyl (C=O) groups excluding carboxylic acids is 1. The van der Waals surface area contributed by atoms with Crippen molar-refractivity contribution in [1.29, 1.82) is 0 Å².